The van der Waals surface area contributed by atoms with E-state index in [1.165, 1.54) is 16.8 Å². The summed E-state index contributed by atoms with van der Waals surface area (Å²) in [5.74, 6) is 1.10. The molecule has 29 heavy (non-hydrogen) atoms. The van der Waals surface area contributed by atoms with Gasteiger partial charge in [-0.25, -0.2) is 17.7 Å². The largest absolute Gasteiger partial charge is 0.339 e. The van der Waals surface area contributed by atoms with E-state index < -0.39 is 15.4 Å². The molecule has 5 rings (SSSR count). The minimum absolute atomic E-state index is 0.205. The average molecular weight is 418 g/mol. The first-order valence-corrected chi connectivity index (χ1v) is 11.5. The van der Waals surface area contributed by atoms with Crippen LogP contribution in [0.15, 0.2) is 16.9 Å². The summed E-state index contributed by atoms with van der Waals surface area (Å²) in [5, 5.41) is 4.09. The van der Waals surface area contributed by atoms with E-state index in [2.05, 4.69) is 20.1 Å². The quantitative estimate of drug-likeness (QED) is 0.705. The number of amides is 1. The number of carbonyl (C=O) groups is 1. The number of aryl methyl sites for hydroxylation is 1. The van der Waals surface area contributed by atoms with Gasteiger partial charge in [0.15, 0.2) is 5.82 Å². The molecule has 0 radical (unpaired) electrons. The van der Waals surface area contributed by atoms with Crippen molar-refractivity contribution in [2.75, 3.05) is 32.4 Å². The summed E-state index contributed by atoms with van der Waals surface area (Å²) in [6.07, 6.45) is 6.35. The topological polar surface area (TPSA) is 122 Å². The van der Waals surface area contributed by atoms with E-state index in [1.54, 1.807) is 11.1 Å². The smallest absolute Gasteiger partial charge is 0.274 e. The summed E-state index contributed by atoms with van der Waals surface area (Å²) in [7, 11) is -3.36. The van der Waals surface area contributed by atoms with Gasteiger partial charge in [-0.2, -0.15) is 4.98 Å². The fourth-order valence-electron chi connectivity index (χ4n) is 4.25. The van der Waals surface area contributed by atoms with Crippen molar-refractivity contribution < 1.29 is 17.7 Å². The van der Waals surface area contributed by atoms with Crippen LogP contribution in [0.25, 0.3) is 0 Å². The predicted octanol–water partition coefficient (Wildman–Crippen LogP) is 0.547. The third-order valence-corrected chi connectivity index (χ3v) is 7.30. The Morgan fingerprint density at radius 2 is 1.97 bits per heavy atom. The first-order chi connectivity index (χ1) is 13.7. The maximum absolute atomic E-state index is 12.7. The number of nitrogens with zero attached hydrogens (tertiary/aromatic N) is 6. The van der Waals surface area contributed by atoms with E-state index in [1.807, 2.05) is 6.92 Å². The number of likely N-dealkylation sites (tertiary alicyclic amines) is 1. The summed E-state index contributed by atoms with van der Waals surface area (Å²) in [4.78, 5) is 27.3. The van der Waals surface area contributed by atoms with E-state index in [0.29, 0.717) is 37.3 Å². The number of hydrogen-bond acceptors (Lipinski definition) is 8. The monoisotopic (exact) mass is 418 g/mol. The number of rotatable bonds is 4. The maximum atomic E-state index is 12.7. The molecular formula is C18H22N6O4S. The molecule has 10 nitrogen and oxygen atoms in total. The molecular weight excluding hydrogens is 396 g/mol. The molecule has 4 heterocycles. The van der Waals surface area contributed by atoms with E-state index >= 15 is 0 Å². The molecule has 1 spiro atoms. The molecule has 1 atom stereocenters. The lowest BCUT2D eigenvalue weighted by Crippen LogP contribution is -2.61. The van der Waals surface area contributed by atoms with Gasteiger partial charge in [-0.05, 0) is 19.8 Å². The predicted molar refractivity (Wildman–Crippen MR) is 101 cm³/mol. The number of hydrogen-bond donors (Lipinski definition) is 0. The SMILES string of the molecule is Cc1cnc(C(=O)N2CC3(C2)CN(S(C)(=O)=O)CC3c2nc(C3CC3)no2)cn1. The fraction of sp³-hybridized carbons (Fsp3) is 0.611. The molecule has 0 N–H and O–H groups in total. The number of aromatic nitrogens is 4. The molecule has 2 saturated heterocycles. The van der Waals surface area contributed by atoms with Gasteiger partial charge in [0.1, 0.15) is 5.69 Å². The molecule has 1 saturated carbocycles. The lowest BCUT2D eigenvalue weighted by atomic mass is 9.71. The van der Waals surface area contributed by atoms with Crippen molar-refractivity contribution >= 4 is 15.9 Å². The van der Waals surface area contributed by atoms with Gasteiger partial charge in [0, 0.05) is 43.7 Å². The molecule has 0 bridgehead atoms. The van der Waals surface area contributed by atoms with E-state index in [0.717, 1.165) is 18.5 Å². The number of carbonyl (C=O) groups excluding carboxylic acids is 1. The molecule has 2 aromatic heterocycles. The van der Waals surface area contributed by atoms with Crippen molar-refractivity contribution in [2.45, 2.75) is 31.6 Å². The first-order valence-electron chi connectivity index (χ1n) is 9.62. The molecule has 0 aromatic carbocycles. The molecule has 3 fully saturated rings. The zero-order valence-corrected chi connectivity index (χ0v) is 17.1. The minimum Gasteiger partial charge on any atom is -0.339 e. The van der Waals surface area contributed by atoms with Gasteiger partial charge in [-0.15, -0.1) is 0 Å². The van der Waals surface area contributed by atoms with Crippen molar-refractivity contribution in [1.82, 2.24) is 29.3 Å². The van der Waals surface area contributed by atoms with Gasteiger partial charge in [-0.1, -0.05) is 5.16 Å². The van der Waals surface area contributed by atoms with Gasteiger partial charge in [0.05, 0.1) is 24.1 Å². The molecule has 11 heteroatoms. The summed E-state index contributed by atoms with van der Waals surface area (Å²) in [5.41, 5.74) is 0.599. The van der Waals surface area contributed by atoms with Crippen molar-refractivity contribution in [2.24, 2.45) is 5.41 Å². The van der Waals surface area contributed by atoms with Crippen LogP contribution in [0.2, 0.25) is 0 Å². The Bertz CT molecular complexity index is 1060. The standard InChI is InChI=1S/C18H22N6O4S/c1-11-5-20-14(6-19-11)17(25)23-8-18(9-23)10-24(29(2,26)27)7-13(18)16-21-15(22-28-16)12-3-4-12/h5-6,12-13H,3-4,7-10H2,1-2H3. The van der Waals surface area contributed by atoms with Crippen LogP contribution in [0.3, 0.4) is 0 Å². The highest BCUT2D eigenvalue weighted by Gasteiger charge is 2.59. The summed E-state index contributed by atoms with van der Waals surface area (Å²) in [6.45, 7) is 3.26. The third-order valence-electron chi connectivity index (χ3n) is 6.08. The van der Waals surface area contributed by atoms with E-state index in [9.17, 15) is 13.2 Å². The molecule has 3 aliphatic rings. The summed E-state index contributed by atoms with van der Waals surface area (Å²) < 4.78 is 31.4. The summed E-state index contributed by atoms with van der Waals surface area (Å²) in [6, 6.07) is 0. The minimum atomic E-state index is -3.36. The second-order valence-corrected chi connectivity index (χ2v) is 10.4. The molecule has 1 amide bonds. The van der Waals surface area contributed by atoms with Gasteiger partial charge < -0.3 is 9.42 Å². The Morgan fingerprint density at radius 1 is 1.21 bits per heavy atom. The Labute approximate surface area is 168 Å². The Hall–Kier alpha value is -2.40. The lowest BCUT2D eigenvalue weighted by Gasteiger charge is -2.49. The van der Waals surface area contributed by atoms with Crippen molar-refractivity contribution in [1.29, 1.82) is 0 Å². The maximum Gasteiger partial charge on any atom is 0.274 e. The van der Waals surface area contributed by atoms with Crippen LogP contribution in [0, 0.1) is 12.3 Å². The van der Waals surface area contributed by atoms with Gasteiger partial charge in [0.25, 0.3) is 5.91 Å². The van der Waals surface area contributed by atoms with Crippen LogP contribution >= 0.6 is 0 Å². The normalized spacial score (nSPS) is 24.1. The van der Waals surface area contributed by atoms with Crippen LogP contribution in [-0.2, 0) is 10.0 Å². The highest BCUT2D eigenvalue weighted by Crippen LogP contribution is 2.50. The second-order valence-electron chi connectivity index (χ2n) is 8.44. The highest BCUT2D eigenvalue weighted by atomic mass is 32.2. The van der Waals surface area contributed by atoms with Crippen LogP contribution in [0.5, 0.6) is 0 Å². The van der Waals surface area contributed by atoms with Crippen LogP contribution in [0.1, 0.15) is 52.6 Å². The van der Waals surface area contributed by atoms with Crippen LogP contribution in [0.4, 0.5) is 0 Å². The molecule has 1 aliphatic carbocycles. The van der Waals surface area contributed by atoms with Gasteiger partial charge >= 0.3 is 0 Å². The van der Waals surface area contributed by atoms with Gasteiger partial charge in [-0.3, -0.25) is 9.78 Å². The molecule has 1 unspecified atom stereocenters. The lowest BCUT2D eigenvalue weighted by molar-refractivity contribution is 0.000848. The molecule has 2 aliphatic heterocycles. The highest BCUT2D eigenvalue weighted by molar-refractivity contribution is 7.88. The van der Waals surface area contributed by atoms with E-state index in [4.69, 9.17) is 4.52 Å². The number of sulfonamides is 1. The van der Waals surface area contributed by atoms with Crippen molar-refractivity contribution in [3.63, 3.8) is 0 Å². The Balaban J connectivity index is 1.39. The Morgan fingerprint density at radius 3 is 2.59 bits per heavy atom. The second kappa shape index (κ2) is 6.30. The van der Waals surface area contributed by atoms with Crippen LogP contribution in [-0.4, -0.2) is 76.1 Å². The zero-order chi connectivity index (χ0) is 20.4. The molecule has 2 aromatic rings. The third kappa shape index (κ3) is 3.21. The zero-order valence-electron chi connectivity index (χ0n) is 16.3. The van der Waals surface area contributed by atoms with E-state index in [-0.39, 0.29) is 24.1 Å². The van der Waals surface area contributed by atoms with Gasteiger partial charge in [0.2, 0.25) is 15.9 Å². The first kappa shape index (κ1) is 18.6. The average Bonchev–Trinajstić information content (AvgIpc) is 3.22. The van der Waals surface area contributed by atoms with Crippen LogP contribution < -0.4 is 0 Å². The van der Waals surface area contributed by atoms with Crippen molar-refractivity contribution in [3.8, 4) is 0 Å². The Kier molecular flexibility index (Phi) is 4.04. The van der Waals surface area contributed by atoms with Crippen molar-refractivity contribution in [3.05, 3.63) is 35.5 Å². The molecule has 154 valence electrons. The summed E-state index contributed by atoms with van der Waals surface area (Å²) >= 11 is 0. The fourth-order valence-corrected chi connectivity index (χ4v) is 5.17.